The fraction of sp³-hybridized carbons (Fsp3) is 0.885. The normalized spacial score (nSPS) is 16.7. The third kappa shape index (κ3) is 14.4. The number of aliphatic hydroxyl groups is 5. The van der Waals surface area contributed by atoms with Crippen molar-refractivity contribution in [2.24, 2.45) is 5.92 Å². The fourth-order valence-electron chi connectivity index (χ4n) is 3.93. The Morgan fingerprint density at radius 2 is 1.22 bits per heavy atom. The van der Waals surface area contributed by atoms with Gasteiger partial charge in [0, 0.05) is 5.92 Å². The summed E-state index contributed by atoms with van der Waals surface area (Å²) in [6, 6.07) is 0. The number of Topliss-reactive ketones (excluding diaryl/α,β-unsaturated/α-hetero) is 1. The van der Waals surface area contributed by atoms with Crippen LogP contribution < -0.4 is 0 Å². The van der Waals surface area contributed by atoms with Gasteiger partial charge in [-0.25, -0.2) is 0 Å². The van der Waals surface area contributed by atoms with Crippen molar-refractivity contribution in [3.8, 4) is 0 Å². The maximum atomic E-state index is 12.8. The Kier molecular flexibility index (Phi) is 20.3. The first kappa shape index (κ1) is 31.2. The first-order valence-corrected chi connectivity index (χ1v) is 12.9. The maximum absolute atomic E-state index is 12.8. The van der Waals surface area contributed by atoms with Gasteiger partial charge in [-0.15, -0.1) is 0 Å². The van der Waals surface area contributed by atoms with Gasteiger partial charge in [-0.1, -0.05) is 90.2 Å². The van der Waals surface area contributed by atoms with Crippen LogP contribution in [0.2, 0.25) is 0 Å². The Bertz CT molecular complexity index is 467. The van der Waals surface area contributed by atoms with Gasteiger partial charge in [0.15, 0.2) is 5.78 Å². The zero-order valence-electron chi connectivity index (χ0n) is 20.5. The molecule has 190 valence electrons. The van der Waals surface area contributed by atoms with E-state index in [0.717, 1.165) is 44.9 Å². The molecule has 1 unspecified atom stereocenters. The Hall–Kier alpha value is -0.790. The molecular formula is C26H50O6. The molecule has 6 nitrogen and oxygen atoms in total. The predicted molar refractivity (Wildman–Crippen MR) is 129 cm³/mol. The number of unbranched alkanes of at least 4 members (excludes halogenated alkanes) is 10. The quantitative estimate of drug-likeness (QED) is 0.123. The highest BCUT2D eigenvalue weighted by atomic mass is 16.4. The van der Waals surface area contributed by atoms with Crippen molar-refractivity contribution in [1.82, 2.24) is 0 Å². The van der Waals surface area contributed by atoms with E-state index in [2.05, 4.69) is 26.0 Å². The first-order valence-electron chi connectivity index (χ1n) is 12.9. The fourth-order valence-corrected chi connectivity index (χ4v) is 3.93. The third-order valence-electron chi connectivity index (χ3n) is 6.18. The van der Waals surface area contributed by atoms with E-state index in [0.29, 0.717) is 12.8 Å². The highest BCUT2D eigenvalue weighted by Crippen LogP contribution is 2.22. The number of hydrogen-bond acceptors (Lipinski definition) is 6. The molecule has 0 bridgehead atoms. The summed E-state index contributed by atoms with van der Waals surface area (Å²) in [5.74, 6) is -0.903. The average molecular weight is 459 g/mol. The van der Waals surface area contributed by atoms with Crippen LogP contribution in [0.25, 0.3) is 0 Å². The smallest absolute Gasteiger partial charge is 0.167 e. The van der Waals surface area contributed by atoms with Crippen molar-refractivity contribution in [3.63, 3.8) is 0 Å². The molecule has 5 N–H and O–H groups in total. The maximum Gasteiger partial charge on any atom is 0.167 e. The molecule has 0 heterocycles. The van der Waals surface area contributed by atoms with E-state index in [1.54, 1.807) is 0 Å². The SMILES string of the molecule is CCCCCCCC/C=C\CCC(CCCCCCC)C(=O)[C@H](O)[C@@H](O)[C@H](O)[C@H](O)CO. The van der Waals surface area contributed by atoms with E-state index in [1.807, 2.05) is 0 Å². The summed E-state index contributed by atoms with van der Waals surface area (Å²) in [5.41, 5.74) is 0. The lowest BCUT2D eigenvalue weighted by molar-refractivity contribution is -0.150. The minimum atomic E-state index is -1.82. The molecule has 5 atom stereocenters. The molecule has 0 saturated carbocycles. The van der Waals surface area contributed by atoms with Crippen LogP contribution in [0, 0.1) is 5.92 Å². The molecule has 0 fully saturated rings. The van der Waals surface area contributed by atoms with Crippen molar-refractivity contribution in [2.45, 2.75) is 135 Å². The van der Waals surface area contributed by atoms with Crippen molar-refractivity contribution in [2.75, 3.05) is 6.61 Å². The highest BCUT2D eigenvalue weighted by molar-refractivity contribution is 5.85. The van der Waals surface area contributed by atoms with Gasteiger partial charge in [-0.2, -0.15) is 0 Å². The Morgan fingerprint density at radius 3 is 1.81 bits per heavy atom. The minimum Gasteiger partial charge on any atom is -0.394 e. The predicted octanol–water partition coefficient (Wildman–Crippen LogP) is 4.06. The molecule has 0 aliphatic carbocycles. The van der Waals surface area contributed by atoms with E-state index in [4.69, 9.17) is 5.11 Å². The molecule has 6 heteroatoms. The molecule has 0 saturated heterocycles. The summed E-state index contributed by atoms with van der Waals surface area (Å²) in [6.45, 7) is 3.60. The third-order valence-corrected chi connectivity index (χ3v) is 6.18. The first-order chi connectivity index (χ1) is 15.4. The summed E-state index contributed by atoms with van der Waals surface area (Å²) in [7, 11) is 0. The van der Waals surface area contributed by atoms with E-state index in [-0.39, 0.29) is 0 Å². The number of rotatable bonds is 22. The highest BCUT2D eigenvalue weighted by Gasteiger charge is 2.36. The van der Waals surface area contributed by atoms with E-state index in [9.17, 15) is 25.2 Å². The monoisotopic (exact) mass is 458 g/mol. The van der Waals surface area contributed by atoms with Crippen LogP contribution in [0.4, 0.5) is 0 Å². The number of carbonyl (C=O) groups excluding carboxylic acids is 1. The van der Waals surface area contributed by atoms with Crippen molar-refractivity contribution >= 4 is 5.78 Å². The number of allylic oxidation sites excluding steroid dienone is 2. The Labute approximate surface area is 195 Å². The summed E-state index contributed by atoms with van der Waals surface area (Å²) in [5, 5.41) is 48.7. The van der Waals surface area contributed by atoms with Gasteiger partial charge < -0.3 is 25.5 Å². The van der Waals surface area contributed by atoms with Gasteiger partial charge in [0.25, 0.3) is 0 Å². The zero-order chi connectivity index (χ0) is 24.2. The zero-order valence-corrected chi connectivity index (χ0v) is 20.5. The van der Waals surface area contributed by atoms with Crippen molar-refractivity contribution in [1.29, 1.82) is 0 Å². The Balaban J connectivity index is 4.61. The molecule has 0 amide bonds. The molecule has 0 aromatic carbocycles. The number of hydrogen-bond donors (Lipinski definition) is 5. The lowest BCUT2D eigenvalue weighted by atomic mass is 9.86. The van der Waals surface area contributed by atoms with Crippen LogP contribution in [-0.2, 0) is 4.79 Å². The van der Waals surface area contributed by atoms with Gasteiger partial charge in [-0.3, -0.25) is 4.79 Å². The van der Waals surface area contributed by atoms with Crippen LogP contribution in [-0.4, -0.2) is 62.3 Å². The molecule has 0 rings (SSSR count). The second-order valence-electron chi connectivity index (χ2n) is 9.08. The molecule has 0 spiro atoms. The molecule has 0 aliphatic rings. The van der Waals surface area contributed by atoms with E-state index < -0.39 is 42.7 Å². The molecule has 0 aromatic heterocycles. The van der Waals surface area contributed by atoms with Crippen LogP contribution in [0.1, 0.15) is 110 Å². The standard InChI is InChI=1S/C26H50O6/c1-3-5-7-9-10-11-12-13-15-17-19-21(18-16-14-8-6-4-2)23(29)25(31)26(32)24(30)22(28)20-27/h13,15,21-22,24-28,30-32H,3-12,14,16-20H2,1-2H3/b15-13-/t21?,22-,24-,25+,26+/m1/s1. The second kappa shape index (κ2) is 20.8. The summed E-state index contributed by atoms with van der Waals surface area (Å²) < 4.78 is 0. The lowest BCUT2D eigenvalue weighted by Crippen LogP contribution is -2.50. The van der Waals surface area contributed by atoms with E-state index >= 15 is 0 Å². The Morgan fingerprint density at radius 1 is 0.688 bits per heavy atom. The van der Waals surface area contributed by atoms with Crippen LogP contribution in [0.5, 0.6) is 0 Å². The van der Waals surface area contributed by atoms with Crippen LogP contribution in [0.3, 0.4) is 0 Å². The summed E-state index contributed by atoms with van der Waals surface area (Å²) in [6.07, 6.45) is 13.1. The summed E-state index contributed by atoms with van der Waals surface area (Å²) in [4.78, 5) is 12.8. The van der Waals surface area contributed by atoms with Crippen molar-refractivity contribution < 1.29 is 30.3 Å². The second-order valence-corrected chi connectivity index (χ2v) is 9.08. The van der Waals surface area contributed by atoms with E-state index in [1.165, 1.54) is 38.5 Å². The topological polar surface area (TPSA) is 118 Å². The number of ketones is 1. The largest absolute Gasteiger partial charge is 0.394 e. The number of aliphatic hydroxyl groups excluding tert-OH is 5. The number of carbonyl (C=O) groups is 1. The van der Waals surface area contributed by atoms with Gasteiger partial charge >= 0.3 is 0 Å². The van der Waals surface area contributed by atoms with Gasteiger partial charge in [0.2, 0.25) is 0 Å². The molecule has 0 aliphatic heterocycles. The molecule has 0 radical (unpaired) electrons. The van der Waals surface area contributed by atoms with Gasteiger partial charge in [0.05, 0.1) is 6.61 Å². The summed E-state index contributed by atoms with van der Waals surface area (Å²) >= 11 is 0. The lowest BCUT2D eigenvalue weighted by Gasteiger charge is -2.27. The molecular weight excluding hydrogens is 408 g/mol. The molecule has 0 aromatic rings. The van der Waals surface area contributed by atoms with Crippen LogP contribution in [0.15, 0.2) is 12.2 Å². The van der Waals surface area contributed by atoms with Gasteiger partial charge in [0.1, 0.15) is 24.4 Å². The van der Waals surface area contributed by atoms with Gasteiger partial charge in [-0.05, 0) is 32.1 Å². The molecule has 32 heavy (non-hydrogen) atoms. The van der Waals surface area contributed by atoms with Crippen LogP contribution >= 0.6 is 0 Å². The average Bonchev–Trinajstić information content (AvgIpc) is 2.81. The minimum absolute atomic E-state index is 0.404. The van der Waals surface area contributed by atoms with Crippen molar-refractivity contribution in [3.05, 3.63) is 12.2 Å².